The molecule has 0 aliphatic carbocycles. The lowest BCUT2D eigenvalue weighted by Gasteiger charge is -2.16. The maximum Gasteiger partial charge on any atom is 0.0629 e. The molecule has 2 N–H and O–H groups in total. The van der Waals surface area contributed by atoms with Crippen LogP contribution in [0.15, 0.2) is 0 Å². The first-order chi connectivity index (χ1) is 5.22. The molecule has 0 aromatic rings. The van der Waals surface area contributed by atoms with E-state index in [0.717, 1.165) is 6.54 Å². The zero-order valence-corrected chi connectivity index (χ0v) is 8.11. The molecule has 0 amide bonds. The summed E-state index contributed by atoms with van der Waals surface area (Å²) in [4.78, 5) is 0. The summed E-state index contributed by atoms with van der Waals surface area (Å²) < 4.78 is 4.92. The lowest BCUT2D eigenvalue weighted by Crippen LogP contribution is -2.35. The third-order valence-electron chi connectivity index (χ3n) is 1.54. The van der Waals surface area contributed by atoms with Gasteiger partial charge in [0, 0.05) is 13.7 Å². The second-order valence-corrected chi connectivity index (χ2v) is 3.14. The molecular formula is C7H17ClN2O. The van der Waals surface area contributed by atoms with E-state index in [0.29, 0.717) is 12.5 Å². The topological polar surface area (TPSA) is 33.3 Å². The number of hydrogen-bond acceptors (Lipinski definition) is 3. The van der Waals surface area contributed by atoms with Crippen LogP contribution < -0.4 is 10.9 Å². The Morgan fingerprint density at radius 3 is 2.64 bits per heavy atom. The van der Waals surface area contributed by atoms with Crippen molar-refractivity contribution < 1.29 is 4.74 Å². The van der Waals surface area contributed by atoms with E-state index in [9.17, 15) is 0 Å². The molecule has 0 saturated heterocycles. The van der Waals surface area contributed by atoms with E-state index in [-0.39, 0.29) is 5.38 Å². The Labute approximate surface area is 73.4 Å². The van der Waals surface area contributed by atoms with Gasteiger partial charge >= 0.3 is 0 Å². The molecule has 0 bridgehead atoms. The van der Waals surface area contributed by atoms with Crippen LogP contribution in [0.2, 0.25) is 0 Å². The smallest absolute Gasteiger partial charge is 0.0629 e. The number of rotatable bonds is 6. The van der Waals surface area contributed by atoms with Crippen LogP contribution in [0.3, 0.4) is 0 Å². The van der Waals surface area contributed by atoms with Gasteiger partial charge in [-0.15, -0.1) is 11.6 Å². The molecule has 68 valence electrons. The van der Waals surface area contributed by atoms with E-state index in [1.54, 1.807) is 7.11 Å². The lowest BCUT2D eigenvalue weighted by atomic mass is 10.1. The Hall–Kier alpha value is 0.170. The summed E-state index contributed by atoms with van der Waals surface area (Å²) in [6, 6.07) is 0. The lowest BCUT2D eigenvalue weighted by molar-refractivity contribution is 0.182. The number of nitrogens with one attached hydrogen (secondary N) is 2. The molecule has 3 nitrogen and oxygen atoms in total. The van der Waals surface area contributed by atoms with Gasteiger partial charge in [-0.2, -0.15) is 0 Å². The van der Waals surface area contributed by atoms with Crippen LogP contribution in [0.5, 0.6) is 0 Å². The number of alkyl halides is 1. The van der Waals surface area contributed by atoms with Gasteiger partial charge in [-0.05, 0) is 13.0 Å². The van der Waals surface area contributed by atoms with Crippen molar-refractivity contribution in [3.8, 4) is 0 Å². The fourth-order valence-electron chi connectivity index (χ4n) is 0.714. The Bertz CT molecular complexity index is 92.5. The average Bonchev–Trinajstić information content (AvgIpc) is 2.00. The summed E-state index contributed by atoms with van der Waals surface area (Å²) in [5.74, 6) is 0.407. The first kappa shape index (κ1) is 11.2. The van der Waals surface area contributed by atoms with Crippen LogP contribution in [0, 0.1) is 5.92 Å². The largest absolute Gasteiger partial charge is 0.383 e. The first-order valence-corrected chi connectivity index (χ1v) is 4.18. The zero-order chi connectivity index (χ0) is 8.69. The van der Waals surface area contributed by atoms with Crippen LogP contribution in [0.4, 0.5) is 0 Å². The fourth-order valence-corrected chi connectivity index (χ4v) is 0.929. The summed E-state index contributed by atoms with van der Waals surface area (Å²) >= 11 is 5.97. The van der Waals surface area contributed by atoms with Gasteiger partial charge in [-0.3, -0.25) is 10.9 Å². The minimum absolute atomic E-state index is 0.0841. The van der Waals surface area contributed by atoms with Crippen molar-refractivity contribution in [2.24, 2.45) is 5.92 Å². The Kier molecular flexibility index (Phi) is 6.96. The average molecular weight is 181 g/mol. The Morgan fingerprint density at radius 1 is 1.55 bits per heavy atom. The van der Waals surface area contributed by atoms with Crippen molar-refractivity contribution >= 4 is 11.6 Å². The molecule has 0 radical (unpaired) electrons. The number of methoxy groups -OCH3 is 1. The van der Waals surface area contributed by atoms with Crippen molar-refractivity contribution in [1.29, 1.82) is 0 Å². The molecule has 0 saturated carbocycles. The number of hydrogen-bond donors (Lipinski definition) is 2. The molecule has 0 aromatic heterocycles. The normalized spacial score (nSPS) is 16.4. The molecule has 11 heavy (non-hydrogen) atoms. The molecule has 0 rings (SSSR count). The van der Waals surface area contributed by atoms with Crippen LogP contribution in [0.1, 0.15) is 6.92 Å². The highest BCUT2D eigenvalue weighted by Gasteiger charge is 2.12. The van der Waals surface area contributed by atoms with Crippen molar-refractivity contribution in [1.82, 2.24) is 10.9 Å². The second-order valence-electron chi connectivity index (χ2n) is 2.58. The summed E-state index contributed by atoms with van der Waals surface area (Å²) in [7, 11) is 3.50. The van der Waals surface area contributed by atoms with E-state index in [1.165, 1.54) is 0 Å². The Balaban J connectivity index is 3.38. The first-order valence-electron chi connectivity index (χ1n) is 3.75. The molecule has 0 heterocycles. The van der Waals surface area contributed by atoms with Crippen molar-refractivity contribution in [3.05, 3.63) is 0 Å². The predicted molar refractivity (Wildman–Crippen MR) is 47.7 cm³/mol. The predicted octanol–water partition coefficient (Wildman–Crippen LogP) is 0.600. The van der Waals surface area contributed by atoms with E-state index in [4.69, 9.17) is 16.3 Å². The van der Waals surface area contributed by atoms with Gasteiger partial charge in [0.15, 0.2) is 0 Å². The summed E-state index contributed by atoms with van der Waals surface area (Å²) in [6.07, 6.45) is 0. The molecule has 1 unspecified atom stereocenters. The van der Waals surface area contributed by atoms with Crippen LogP contribution in [-0.2, 0) is 4.74 Å². The maximum absolute atomic E-state index is 5.97. The van der Waals surface area contributed by atoms with E-state index in [2.05, 4.69) is 17.8 Å². The number of hydrazine groups is 1. The number of ether oxygens (including phenoxy) is 1. The van der Waals surface area contributed by atoms with Crippen molar-refractivity contribution in [2.75, 3.05) is 27.3 Å². The molecule has 0 aliphatic rings. The molecule has 4 heteroatoms. The minimum Gasteiger partial charge on any atom is -0.383 e. The highest BCUT2D eigenvalue weighted by Crippen LogP contribution is 2.08. The highest BCUT2D eigenvalue weighted by atomic mass is 35.5. The van der Waals surface area contributed by atoms with Crippen LogP contribution in [-0.4, -0.2) is 32.7 Å². The summed E-state index contributed by atoms with van der Waals surface area (Å²) in [5.41, 5.74) is 5.84. The summed E-state index contributed by atoms with van der Waals surface area (Å²) in [5, 5.41) is 0.0841. The van der Waals surface area contributed by atoms with Gasteiger partial charge in [-0.1, -0.05) is 6.92 Å². The summed E-state index contributed by atoms with van der Waals surface area (Å²) in [6.45, 7) is 3.54. The van der Waals surface area contributed by atoms with Gasteiger partial charge in [-0.25, -0.2) is 0 Å². The quantitative estimate of drug-likeness (QED) is 0.464. The van der Waals surface area contributed by atoms with Gasteiger partial charge in [0.2, 0.25) is 0 Å². The van der Waals surface area contributed by atoms with Gasteiger partial charge in [0.25, 0.3) is 0 Å². The van der Waals surface area contributed by atoms with Gasteiger partial charge < -0.3 is 4.74 Å². The monoisotopic (exact) mass is 180 g/mol. The molecule has 0 aliphatic heterocycles. The molecular weight excluding hydrogens is 164 g/mol. The zero-order valence-electron chi connectivity index (χ0n) is 7.36. The third-order valence-corrected chi connectivity index (χ3v) is 2.10. The SMILES string of the molecule is CNNC[C@@H](C)C(Cl)COC. The van der Waals surface area contributed by atoms with Crippen LogP contribution in [0.25, 0.3) is 0 Å². The maximum atomic E-state index is 5.97. The number of halogens is 1. The minimum atomic E-state index is 0.0841. The molecule has 0 fully saturated rings. The Morgan fingerprint density at radius 2 is 2.18 bits per heavy atom. The molecule has 0 spiro atoms. The molecule has 0 aromatic carbocycles. The standard InChI is InChI=1S/C7H17ClN2O/c1-6(4-10-9-2)7(8)5-11-3/h6-7,9-10H,4-5H2,1-3H3/t6-,7?/m1/s1. The van der Waals surface area contributed by atoms with Crippen LogP contribution >= 0.6 is 11.6 Å². The van der Waals surface area contributed by atoms with E-state index < -0.39 is 0 Å². The van der Waals surface area contributed by atoms with E-state index >= 15 is 0 Å². The second kappa shape index (κ2) is 6.85. The van der Waals surface area contributed by atoms with Crippen molar-refractivity contribution in [3.63, 3.8) is 0 Å². The molecule has 2 atom stereocenters. The van der Waals surface area contributed by atoms with Gasteiger partial charge in [0.1, 0.15) is 0 Å². The third kappa shape index (κ3) is 5.44. The fraction of sp³-hybridized carbons (Fsp3) is 1.00. The van der Waals surface area contributed by atoms with Crippen molar-refractivity contribution in [2.45, 2.75) is 12.3 Å². The van der Waals surface area contributed by atoms with Gasteiger partial charge in [0.05, 0.1) is 12.0 Å². The van der Waals surface area contributed by atoms with E-state index in [1.807, 2.05) is 7.05 Å². The highest BCUT2D eigenvalue weighted by molar-refractivity contribution is 6.20.